The summed E-state index contributed by atoms with van der Waals surface area (Å²) in [5.74, 6) is -1.99. The van der Waals surface area contributed by atoms with Crippen molar-refractivity contribution in [2.45, 2.75) is 198 Å². The number of carbonyl (C=O) groups is 2. The van der Waals surface area contributed by atoms with Gasteiger partial charge in [-0.1, -0.05) is 128 Å². The van der Waals surface area contributed by atoms with Crippen molar-refractivity contribution in [1.29, 1.82) is 0 Å². The molecular formula is C40H72O12S. The van der Waals surface area contributed by atoms with Gasteiger partial charge in [-0.3, -0.25) is 14.1 Å². The number of aliphatic hydroxyl groups excluding tert-OH is 3. The highest BCUT2D eigenvalue weighted by atomic mass is 32.2. The highest BCUT2D eigenvalue weighted by molar-refractivity contribution is 7.85. The van der Waals surface area contributed by atoms with Gasteiger partial charge in [0, 0.05) is 12.8 Å². The summed E-state index contributed by atoms with van der Waals surface area (Å²) in [5.41, 5.74) is 0. The molecule has 0 aliphatic carbocycles. The zero-order valence-corrected chi connectivity index (χ0v) is 33.4. The molecule has 4 N–H and O–H groups in total. The Morgan fingerprint density at radius 2 is 1.13 bits per heavy atom. The predicted octanol–water partition coefficient (Wildman–Crippen LogP) is 7.28. The number of hydrogen-bond donors (Lipinski definition) is 4. The second-order valence-corrected chi connectivity index (χ2v) is 15.8. The van der Waals surface area contributed by atoms with E-state index in [2.05, 4.69) is 38.2 Å². The molecule has 0 aromatic rings. The van der Waals surface area contributed by atoms with E-state index in [0.29, 0.717) is 12.8 Å². The van der Waals surface area contributed by atoms with Crippen molar-refractivity contribution in [3.8, 4) is 0 Å². The van der Waals surface area contributed by atoms with Crippen molar-refractivity contribution in [1.82, 2.24) is 0 Å². The minimum Gasteiger partial charge on any atom is -0.462 e. The summed E-state index contributed by atoms with van der Waals surface area (Å²) in [6.07, 6.45) is 22.5. The molecule has 1 heterocycles. The first-order chi connectivity index (χ1) is 25.5. The average molecular weight is 777 g/mol. The van der Waals surface area contributed by atoms with E-state index in [0.717, 1.165) is 57.8 Å². The maximum atomic E-state index is 12.7. The first-order valence-electron chi connectivity index (χ1n) is 20.4. The number of carbonyl (C=O) groups excluding carboxylic acids is 2. The van der Waals surface area contributed by atoms with Crippen LogP contribution in [0.1, 0.15) is 162 Å². The number of esters is 2. The summed E-state index contributed by atoms with van der Waals surface area (Å²) in [6, 6.07) is 0. The molecule has 13 heteroatoms. The van der Waals surface area contributed by atoms with E-state index in [-0.39, 0.29) is 19.4 Å². The fraction of sp³-hybridized carbons (Fsp3) is 0.850. The van der Waals surface area contributed by atoms with Gasteiger partial charge in [0.2, 0.25) is 0 Å². The lowest BCUT2D eigenvalue weighted by Crippen LogP contribution is -2.60. The van der Waals surface area contributed by atoms with Crippen LogP contribution < -0.4 is 0 Å². The minimum atomic E-state index is -4.59. The average Bonchev–Trinajstić information content (AvgIpc) is 3.12. The van der Waals surface area contributed by atoms with Crippen molar-refractivity contribution in [3.63, 3.8) is 0 Å². The molecule has 2 unspecified atom stereocenters. The fourth-order valence-electron chi connectivity index (χ4n) is 6.06. The Morgan fingerprint density at radius 1 is 0.642 bits per heavy atom. The molecule has 0 aromatic carbocycles. The second kappa shape index (κ2) is 31.3. The highest BCUT2D eigenvalue weighted by Crippen LogP contribution is 2.24. The van der Waals surface area contributed by atoms with E-state index >= 15 is 0 Å². The fourth-order valence-corrected chi connectivity index (χ4v) is 6.75. The quantitative estimate of drug-likeness (QED) is 0.0226. The maximum Gasteiger partial charge on any atom is 0.306 e. The van der Waals surface area contributed by atoms with Gasteiger partial charge in [0.15, 0.2) is 12.4 Å². The molecule has 0 aromatic heterocycles. The monoisotopic (exact) mass is 776 g/mol. The van der Waals surface area contributed by atoms with E-state index in [4.69, 9.17) is 18.9 Å². The Morgan fingerprint density at radius 3 is 1.70 bits per heavy atom. The third-order valence-electron chi connectivity index (χ3n) is 9.28. The predicted molar refractivity (Wildman–Crippen MR) is 206 cm³/mol. The van der Waals surface area contributed by atoms with E-state index in [1.54, 1.807) is 0 Å². The Hall–Kier alpha value is -1.87. The van der Waals surface area contributed by atoms with Crippen LogP contribution in [0, 0.1) is 0 Å². The summed E-state index contributed by atoms with van der Waals surface area (Å²) in [4.78, 5) is 25.2. The third-order valence-corrected chi connectivity index (χ3v) is 10.0. The van der Waals surface area contributed by atoms with Crippen LogP contribution in [0.5, 0.6) is 0 Å². The first-order valence-corrected chi connectivity index (χ1v) is 22.0. The van der Waals surface area contributed by atoms with Crippen LogP contribution in [0.2, 0.25) is 0 Å². The van der Waals surface area contributed by atoms with Gasteiger partial charge in [-0.15, -0.1) is 0 Å². The van der Waals surface area contributed by atoms with Gasteiger partial charge in [-0.2, -0.15) is 8.42 Å². The van der Waals surface area contributed by atoms with E-state index in [1.807, 2.05) is 0 Å². The number of rotatable bonds is 33. The highest BCUT2D eigenvalue weighted by Gasteiger charge is 2.46. The van der Waals surface area contributed by atoms with Gasteiger partial charge in [-0.05, 0) is 44.9 Å². The van der Waals surface area contributed by atoms with Crippen LogP contribution in [0.25, 0.3) is 0 Å². The van der Waals surface area contributed by atoms with Crippen LogP contribution in [0.3, 0.4) is 0 Å². The Labute approximate surface area is 319 Å². The summed E-state index contributed by atoms with van der Waals surface area (Å²) >= 11 is 0. The Bertz CT molecular complexity index is 1100. The Balaban J connectivity index is 2.44. The minimum absolute atomic E-state index is 0.164. The van der Waals surface area contributed by atoms with Crippen molar-refractivity contribution in [2.75, 3.05) is 19.0 Å². The molecule has 310 valence electrons. The van der Waals surface area contributed by atoms with Crippen LogP contribution >= 0.6 is 0 Å². The zero-order valence-electron chi connectivity index (χ0n) is 32.6. The largest absolute Gasteiger partial charge is 0.462 e. The molecule has 0 bridgehead atoms. The molecule has 1 aliphatic heterocycles. The van der Waals surface area contributed by atoms with Crippen LogP contribution in [-0.4, -0.2) is 96.0 Å². The van der Waals surface area contributed by atoms with Gasteiger partial charge >= 0.3 is 11.9 Å². The number of unbranched alkanes of at least 4 members (excludes halogenated alkanes) is 17. The summed E-state index contributed by atoms with van der Waals surface area (Å²) in [7, 11) is -4.59. The number of aliphatic hydroxyl groups is 3. The van der Waals surface area contributed by atoms with E-state index < -0.39 is 71.2 Å². The lowest BCUT2D eigenvalue weighted by Gasteiger charge is -2.40. The molecule has 1 aliphatic rings. The molecule has 1 saturated heterocycles. The maximum absolute atomic E-state index is 12.7. The van der Waals surface area contributed by atoms with Crippen molar-refractivity contribution >= 4 is 22.1 Å². The molecule has 1 rings (SSSR count). The SMILES string of the molecule is CCCCC/C=C/C/C=C/CCCCCCCCCC(=O)OC[C@H](CO[C@H]1O[C@H](CS(=O)(=O)O)[C@@H](O)C(O)C1O)OC(=O)CCCCCCCCCC. The standard InChI is InChI=1S/C40H72O12S/c1-3-5-7-9-11-13-14-15-16-17-18-19-20-21-23-24-26-28-35(41)49-30-33(51-36(42)29-27-25-22-12-10-8-6-4-2)31-50-40-39(45)38(44)37(43)34(52-40)32-53(46,47)48/h11,13,15-16,33-34,37-40,43-45H,3-10,12,14,17-32H2,1-2H3,(H,46,47,48)/b13-11+,16-15+/t33-,34-,37-,38?,39?,40+/m1/s1. The van der Waals surface area contributed by atoms with E-state index in [1.165, 1.54) is 64.2 Å². The topological polar surface area (TPSA) is 186 Å². The van der Waals surface area contributed by atoms with E-state index in [9.17, 15) is 37.9 Å². The lowest BCUT2D eigenvalue weighted by molar-refractivity contribution is -0.297. The number of allylic oxidation sites excluding steroid dienone is 4. The van der Waals surface area contributed by atoms with Gasteiger partial charge < -0.3 is 34.3 Å². The van der Waals surface area contributed by atoms with Gasteiger partial charge in [0.1, 0.15) is 36.8 Å². The molecule has 6 atom stereocenters. The first kappa shape index (κ1) is 49.1. The molecule has 53 heavy (non-hydrogen) atoms. The van der Waals surface area contributed by atoms with Crippen molar-refractivity contribution in [3.05, 3.63) is 24.3 Å². The van der Waals surface area contributed by atoms with Crippen LogP contribution in [0.4, 0.5) is 0 Å². The normalized spacial score (nSPS) is 21.4. The van der Waals surface area contributed by atoms with Crippen molar-refractivity contribution in [2.24, 2.45) is 0 Å². The third kappa shape index (κ3) is 26.6. The zero-order chi connectivity index (χ0) is 39.2. The summed E-state index contributed by atoms with van der Waals surface area (Å²) < 4.78 is 53.8. The lowest BCUT2D eigenvalue weighted by atomic mass is 10.00. The molecular weight excluding hydrogens is 704 g/mol. The molecule has 12 nitrogen and oxygen atoms in total. The Kier molecular flexibility index (Phi) is 29.1. The van der Waals surface area contributed by atoms with Gasteiger partial charge in [0.25, 0.3) is 10.1 Å². The van der Waals surface area contributed by atoms with Gasteiger partial charge in [0.05, 0.1) is 6.61 Å². The van der Waals surface area contributed by atoms with Crippen LogP contribution in [-0.2, 0) is 38.7 Å². The number of hydrogen-bond acceptors (Lipinski definition) is 11. The number of ether oxygens (including phenoxy) is 4. The molecule has 0 radical (unpaired) electrons. The van der Waals surface area contributed by atoms with Crippen LogP contribution in [0.15, 0.2) is 24.3 Å². The molecule has 1 fully saturated rings. The van der Waals surface area contributed by atoms with Crippen molar-refractivity contribution < 1.29 is 56.8 Å². The molecule has 0 saturated carbocycles. The molecule has 0 spiro atoms. The molecule has 0 amide bonds. The second-order valence-electron chi connectivity index (χ2n) is 14.3. The van der Waals surface area contributed by atoms with Gasteiger partial charge in [-0.25, -0.2) is 0 Å². The summed E-state index contributed by atoms with van der Waals surface area (Å²) in [5, 5.41) is 30.7. The smallest absolute Gasteiger partial charge is 0.306 e. The summed E-state index contributed by atoms with van der Waals surface area (Å²) in [6.45, 7) is 3.67.